The van der Waals surface area contributed by atoms with Gasteiger partial charge in [0.1, 0.15) is 0 Å². The molecule has 13 heavy (non-hydrogen) atoms. The van der Waals surface area contributed by atoms with E-state index in [4.69, 9.17) is 0 Å². The van der Waals surface area contributed by atoms with Crippen molar-refractivity contribution in [2.75, 3.05) is 11.9 Å². The average molecular weight is 177 g/mol. The Labute approximate surface area is 76.6 Å². The van der Waals surface area contributed by atoms with Crippen molar-refractivity contribution in [1.29, 1.82) is 0 Å². The lowest BCUT2D eigenvalue weighted by molar-refractivity contribution is -0.125. The van der Waals surface area contributed by atoms with Gasteiger partial charge in [-0.3, -0.25) is 4.79 Å². The van der Waals surface area contributed by atoms with E-state index in [0.29, 0.717) is 0 Å². The van der Waals surface area contributed by atoms with E-state index in [2.05, 4.69) is 0 Å². The summed E-state index contributed by atoms with van der Waals surface area (Å²) in [5.74, 6) is -0.246. The topological polar surface area (TPSA) is 40.5 Å². The van der Waals surface area contributed by atoms with Gasteiger partial charge in [0.2, 0.25) is 0 Å². The number of amides is 1. The van der Waals surface area contributed by atoms with Gasteiger partial charge in [-0.05, 0) is 18.6 Å². The van der Waals surface area contributed by atoms with Gasteiger partial charge in [0, 0.05) is 18.3 Å². The Morgan fingerprint density at radius 3 is 2.77 bits per heavy atom. The van der Waals surface area contributed by atoms with E-state index < -0.39 is 6.10 Å². The number of benzene rings is 1. The number of fused-ring (bicyclic) bond motifs is 1. The highest BCUT2D eigenvalue weighted by atomic mass is 16.3. The smallest absolute Gasteiger partial charge is 0.260 e. The SMILES string of the molecule is Cc1cccc2c1[C@@H](O)C(=O)N2C. The molecule has 2 rings (SSSR count). The van der Waals surface area contributed by atoms with Crippen LogP contribution in [0.1, 0.15) is 17.2 Å². The molecule has 1 amide bonds. The van der Waals surface area contributed by atoms with Crippen LogP contribution in [0.2, 0.25) is 0 Å². The minimum atomic E-state index is -0.971. The van der Waals surface area contributed by atoms with Crippen molar-refractivity contribution in [2.24, 2.45) is 0 Å². The van der Waals surface area contributed by atoms with Crippen LogP contribution in [0.25, 0.3) is 0 Å². The summed E-state index contributed by atoms with van der Waals surface area (Å²) in [5, 5.41) is 9.61. The van der Waals surface area contributed by atoms with Crippen LogP contribution in [0.3, 0.4) is 0 Å². The Hall–Kier alpha value is -1.35. The number of carbonyl (C=O) groups excluding carboxylic acids is 1. The number of nitrogens with zero attached hydrogens (tertiary/aromatic N) is 1. The zero-order valence-electron chi connectivity index (χ0n) is 7.61. The van der Waals surface area contributed by atoms with Gasteiger partial charge in [-0.1, -0.05) is 12.1 Å². The third-order valence-electron chi connectivity index (χ3n) is 2.50. The second-order valence-corrected chi connectivity index (χ2v) is 3.31. The van der Waals surface area contributed by atoms with Crippen LogP contribution in [0.15, 0.2) is 18.2 Å². The zero-order valence-corrected chi connectivity index (χ0v) is 7.61. The molecule has 0 spiro atoms. The molecule has 0 bridgehead atoms. The van der Waals surface area contributed by atoms with Gasteiger partial charge in [0.05, 0.1) is 0 Å². The normalized spacial score (nSPS) is 20.7. The molecule has 3 nitrogen and oxygen atoms in total. The highest BCUT2D eigenvalue weighted by Crippen LogP contribution is 2.36. The lowest BCUT2D eigenvalue weighted by Crippen LogP contribution is -2.23. The van der Waals surface area contributed by atoms with Gasteiger partial charge >= 0.3 is 0 Å². The summed E-state index contributed by atoms with van der Waals surface area (Å²) in [6, 6.07) is 5.63. The van der Waals surface area contributed by atoms with Crippen molar-refractivity contribution in [1.82, 2.24) is 0 Å². The summed E-state index contributed by atoms with van der Waals surface area (Å²) in [5.41, 5.74) is 2.52. The van der Waals surface area contributed by atoms with Crippen LogP contribution in [0.5, 0.6) is 0 Å². The molecule has 1 aliphatic heterocycles. The van der Waals surface area contributed by atoms with Crippen molar-refractivity contribution in [3.63, 3.8) is 0 Å². The number of aryl methyl sites for hydroxylation is 1. The second kappa shape index (κ2) is 2.57. The van der Waals surface area contributed by atoms with E-state index in [1.807, 2.05) is 25.1 Å². The fraction of sp³-hybridized carbons (Fsp3) is 0.300. The molecular formula is C10H11NO2. The first-order chi connectivity index (χ1) is 6.13. The predicted molar refractivity (Wildman–Crippen MR) is 49.5 cm³/mol. The Bertz CT molecular complexity index is 373. The Morgan fingerprint density at radius 2 is 2.15 bits per heavy atom. The lowest BCUT2D eigenvalue weighted by Gasteiger charge is -2.09. The quantitative estimate of drug-likeness (QED) is 0.642. The molecule has 0 fully saturated rings. The fourth-order valence-electron chi connectivity index (χ4n) is 1.74. The van der Waals surface area contributed by atoms with Crippen LogP contribution >= 0.6 is 0 Å². The molecule has 1 aliphatic rings. The highest BCUT2D eigenvalue weighted by Gasteiger charge is 2.34. The van der Waals surface area contributed by atoms with Crippen LogP contribution < -0.4 is 4.90 Å². The van der Waals surface area contributed by atoms with Crippen molar-refractivity contribution in [3.05, 3.63) is 29.3 Å². The first-order valence-corrected chi connectivity index (χ1v) is 4.18. The number of anilines is 1. The van der Waals surface area contributed by atoms with E-state index in [1.54, 1.807) is 7.05 Å². The first kappa shape index (κ1) is 8.26. The van der Waals surface area contributed by atoms with Crippen LogP contribution in [-0.2, 0) is 4.79 Å². The molecule has 1 heterocycles. The summed E-state index contributed by atoms with van der Waals surface area (Å²) in [6.07, 6.45) is -0.971. The van der Waals surface area contributed by atoms with Gasteiger partial charge in [-0.2, -0.15) is 0 Å². The summed E-state index contributed by atoms with van der Waals surface area (Å²) in [4.78, 5) is 12.9. The number of likely N-dealkylation sites (N-methyl/N-ethyl adjacent to an activating group) is 1. The Kier molecular flexibility index (Phi) is 1.63. The summed E-state index contributed by atoms with van der Waals surface area (Å²) < 4.78 is 0. The third-order valence-corrected chi connectivity index (χ3v) is 2.50. The van der Waals surface area contributed by atoms with Gasteiger partial charge in [-0.15, -0.1) is 0 Å². The van der Waals surface area contributed by atoms with Crippen LogP contribution in [0, 0.1) is 6.92 Å². The minimum absolute atomic E-state index is 0.246. The number of aliphatic hydroxyl groups excluding tert-OH is 1. The van der Waals surface area contributed by atoms with Gasteiger partial charge in [-0.25, -0.2) is 0 Å². The number of carbonyl (C=O) groups is 1. The zero-order chi connectivity index (χ0) is 9.59. The van der Waals surface area contributed by atoms with Crippen molar-refractivity contribution < 1.29 is 9.90 Å². The van der Waals surface area contributed by atoms with Gasteiger partial charge < -0.3 is 10.0 Å². The molecule has 0 unspecified atom stereocenters. The Morgan fingerprint density at radius 1 is 1.46 bits per heavy atom. The molecule has 1 atom stereocenters. The monoisotopic (exact) mass is 177 g/mol. The number of aliphatic hydroxyl groups is 1. The molecule has 0 aromatic heterocycles. The van der Waals surface area contributed by atoms with Gasteiger partial charge in [0.15, 0.2) is 6.10 Å². The molecule has 1 N–H and O–H groups in total. The molecule has 0 aliphatic carbocycles. The maximum Gasteiger partial charge on any atom is 0.260 e. The summed E-state index contributed by atoms with van der Waals surface area (Å²) in [6.45, 7) is 1.90. The highest BCUT2D eigenvalue weighted by molar-refractivity contribution is 6.03. The second-order valence-electron chi connectivity index (χ2n) is 3.31. The predicted octanol–water partition coefficient (Wildman–Crippen LogP) is 1.00. The molecule has 1 aromatic carbocycles. The van der Waals surface area contributed by atoms with E-state index in [1.165, 1.54) is 4.90 Å². The minimum Gasteiger partial charge on any atom is -0.378 e. The average Bonchev–Trinajstić information content (AvgIpc) is 2.33. The van der Waals surface area contributed by atoms with Crippen molar-refractivity contribution in [3.8, 4) is 0 Å². The van der Waals surface area contributed by atoms with Crippen molar-refractivity contribution >= 4 is 11.6 Å². The number of rotatable bonds is 0. The standard InChI is InChI=1S/C10H11NO2/c1-6-4-3-5-7-8(6)9(12)10(13)11(7)2/h3-5,9,12H,1-2H3/t9-/m1/s1. The lowest BCUT2D eigenvalue weighted by atomic mass is 10.0. The van der Waals surface area contributed by atoms with Crippen LogP contribution in [-0.4, -0.2) is 18.1 Å². The van der Waals surface area contributed by atoms with E-state index >= 15 is 0 Å². The molecule has 1 aromatic rings. The van der Waals surface area contributed by atoms with Crippen molar-refractivity contribution in [2.45, 2.75) is 13.0 Å². The maximum atomic E-state index is 11.4. The molecule has 3 heteroatoms. The molecular weight excluding hydrogens is 166 g/mol. The van der Waals surface area contributed by atoms with E-state index in [-0.39, 0.29) is 5.91 Å². The summed E-state index contributed by atoms with van der Waals surface area (Å²) >= 11 is 0. The number of hydrogen-bond acceptors (Lipinski definition) is 2. The first-order valence-electron chi connectivity index (χ1n) is 4.18. The number of hydrogen-bond donors (Lipinski definition) is 1. The molecule has 68 valence electrons. The largest absolute Gasteiger partial charge is 0.378 e. The molecule has 0 saturated carbocycles. The molecule has 0 saturated heterocycles. The Balaban J connectivity index is 2.66. The third kappa shape index (κ3) is 0.971. The van der Waals surface area contributed by atoms with E-state index in [0.717, 1.165) is 16.8 Å². The maximum absolute atomic E-state index is 11.4. The summed E-state index contributed by atoms with van der Waals surface area (Å²) in [7, 11) is 1.68. The fourth-order valence-corrected chi connectivity index (χ4v) is 1.74. The van der Waals surface area contributed by atoms with Gasteiger partial charge in [0.25, 0.3) is 5.91 Å². The van der Waals surface area contributed by atoms with Crippen LogP contribution in [0.4, 0.5) is 5.69 Å². The molecule has 0 radical (unpaired) electrons. The van der Waals surface area contributed by atoms with E-state index in [9.17, 15) is 9.90 Å².